The molecule has 0 saturated carbocycles. The maximum Gasteiger partial charge on any atom is -0.00618 e. The van der Waals surface area contributed by atoms with Crippen LogP contribution in [0.2, 0.25) is 0 Å². The SMILES string of the molecule is Cc1cccc(P(c2ccccc2)c2ccccc2)c1-c1c(C)cccc1P(c1ccccc1)C(C)(C)C. The van der Waals surface area contributed by atoms with Crippen LogP contribution in [-0.4, -0.2) is 5.16 Å². The van der Waals surface area contributed by atoms with Crippen LogP contribution in [-0.2, 0) is 0 Å². The summed E-state index contributed by atoms with van der Waals surface area (Å²) >= 11 is 0. The molecule has 2 heteroatoms. The van der Waals surface area contributed by atoms with Crippen molar-refractivity contribution in [3.05, 3.63) is 139 Å². The Morgan fingerprint density at radius 2 is 0.816 bits per heavy atom. The van der Waals surface area contributed by atoms with Crippen molar-refractivity contribution in [2.45, 2.75) is 39.8 Å². The fraction of sp³-hybridized carbons (Fsp3) is 0.167. The number of aryl methyl sites for hydroxylation is 2. The van der Waals surface area contributed by atoms with E-state index >= 15 is 0 Å². The van der Waals surface area contributed by atoms with Gasteiger partial charge in [0.05, 0.1) is 0 Å². The molecule has 0 N–H and O–H groups in total. The van der Waals surface area contributed by atoms with Crippen LogP contribution in [0, 0.1) is 13.8 Å². The zero-order valence-corrected chi connectivity index (χ0v) is 24.8. The Morgan fingerprint density at radius 3 is 1.26 bits per heavy atom. The van der Waals surface area contributed by atoms with Gasteiger partial charge in [-0.25, -0.2) is 0 Å². The van der Waals surface area contributed by atoms with E-state index in [1.54, 1.807) is 0 Å². The lowest BCUT2D eigenvalue weighted by Gasteiger charge is -2.35. The van der Waals surface area contributed by atoms with Gasteiger partial charge in [0.15, 0.2) is 0 Å². The van der Waals surface area contributed by atoms with Crippen LogP contribution in [0.1, 0.15) is 31.9 Å². The minimum absolute atomic E-state index is 0.117. The topological polar surface area (TPSA) is 0 Å². The third kappa shape index (κ3) is 5.40. The first-order chi connectivity index (χ1) is 18.4. The maximum atomic E-state index is 2.40. The average Bonchev–Trinajstić information content (AvgIpc) is 2.91. The van der Waals surface area contributed by atoms with Crippen molar-refractivity contribution in [2.75, 3.05) is 0 Å². The fourth-order valence-electron chi connectivity index (χ4n) is 5.37. The third-order valence-electron chi connectivity index (χ3n) is 6.95. The Hall–Kier alpha value is -3.04. The highest BCUT2D eigenvalue weighted by Crippen LogP contribution is 2.50. The summed E-state index contributed by atoms with van der Waals surface area (Å²) in [6.45, 7) is 11.8. The van der Waals surface area contributed by atoms with E-state index in [4.69, 9.17) is 0 Å². The van der Waals surface area contributed by atoms with Gasteiger partial charge in [0.25, 0.3) is 0 Å². The highest BCUT2D eigenvalue weighted by molar-refractivity contribution is 7.80. The number of rotatable bonds is 6. The van der Waals surface area contributed by atoms with Crippen LogP contribution < -0.4 is 26.5 Å². The van der Waals surface area contributed by atoms with Crippen molar-refractivity contribution in [2.24, 2.45) is 0 Å². The van der Waals surface area contributed by atoms with Crippen LogP contribution >= 0.6 is 15.8 Å². The van der Waals surface area contributed by atoms with Gasteiger partial charge < -0.3 is 0 Å². The summed E-state index contributed by atoms with van der Waals surface area (Å²) in [5.41, 5.74) is 5.52. The fourth-order valence-corrected chi connectivity index (χ4v) is 10.9. The lowest BCUT2D eigenvalue weighted by Crippen LogP contribution is -2.29. The van der Waals surface area contributed by atoms with E-state index in [1.807, 2.05) is 0 Å². The van der Waals surface area contributed by atoms with E-state index in [9.17, 15) is 0 Å². The molecule has 0 radical (unpaired) electrons. The highest BCUT2D eigenvalue weighted by Gasteiger charge is 2.32. The minimum atomic E-state index is -0.726. The Morgan fingerprint density at radius 1 is 0.421 bits per heavy atom. The van der Waals surface area contributed by atoms with E-state index in [-0.39, 0.29) is 5.16 Å². The zero-order valence-electron chi connectivity index (χ0n) is 23.0. The molecule has 5 aromatic rings. The molecule has 5 aromatic carbocycles. The van der Waals surface area contributed by atoms with Crippen LogP contribution in [0.5, 0.6) is 0 Å². The van der Waals surface area contributed by atoms with Gasteiger partial charge in [-0.05, 0) is 83.6 Å². The average molecular weight is 531 g/mol. The quantitative estimate of drug-likeness (QED) is 0.195. The molecule has 0 aliphatic rings. The molecule has 0 aliphatic carbocycles. The molecule has 0 amide bonds. The number of benzene rings is 5. The van der Waals surface area contributed by atoms with Gasteiger partial charge in [0.2, 0.25) is 0 Å². The summed E-state index contributed by atoms with van der Waals surface area (Å²) in [6, 6.07) is 47.2. The van der Waals surface area contributed by atoms with Crippen molar-refractivity contribution in [3.8, 4) is 11.1 Å². The molecule has 38 heavy (non-hydrogen) atoms. The largest absolute Gasteiger partial charge is 0.0622 e. The maximum absolute atomic E-state index is 2.40. The second-order valence-corrected chi connectivity index (χ2v) is 16.0. The second kappa shape index (κ2) is 11.4. The highest BCUT2D eigenvalue weighted by atomic mass is 31.1. The third-order valence-corrected chi connectivity index (χ3v) is 12.4. The van der Waals surface area contributed by atoms with E-state index in [1.165, 1.54) is 48.8 Å². The van der Waals surface area contributed by atoms with Crippen LogP contribution in [0.4, 0.5) is 0 Å². The van der Waals surface area contributed by atoms with E-state index in [2.05, 4.69) is 162 Å². The normalized spacial score (nSPS) is 12.5. The molecule has 1 atom stereocenters. The van der Waals surface area contributed by atoms with E-state index in [0.717, 1.165) is 0 Å². The van der Waals surface area contributed by atoms with Crippen molar-refractivity contribution >= 4 is 42.4 Å². The van der Waals surface area contributed by atoms with Crippen LogP contribution in [0.15, 0.2) is 127 Å². The monoisotopic (exact) mass is 530 g/mol. The summed E-state index contributed by atoms with van der Waals surface area (Å²) in [4.78, 5) is 0. The van der Waals surface area contributed by atoms with Crippen molar-refractivity contribution in [1.29, 1.82) is 0 Å². The van der Waals surface area contributed by atoms with Gasteiger partial charge in [0, 0.05) is 0 Å². The summed E-state index contributed by atoms with van der Waals surface area (Å²) in [7, 11) is -1.32. The number of hydrogen-bond donors (Lipinski definition) is 0. The van der Waals surface area contributed by atoms with Gasteiger partial charge >= 0.3 is 0 Å². The molecule has 0 heterocycles. The molecular weight excluding hydrogens is 494 g/mol. The van der Waals surface area contributed by atoms with Crippen LogP contribution in [0.3, 0.4) is 0 Å². The first-order valence-corrected chi connectivity index (χ1v) is 16.0. The van der Waals surface area contributed by atoms with Crippen molar-refractivity contribution < 1.29 is 0 Å². The summed E-state index contributed by atoms with van der Waals surface area (Å²) in [6.07, 6.45) is 0. The van der Waals surface area contributed by atoms with Gasteiger partial charge in [0.1, 0.15) is 0 Å². The minimum Gasteiger partial charge on any atom is -0.0622 e. The molecular formula is C36H36P2. The first kappa shape index (κ1) is 26.6. The Balaban J connectivity index is 1.82. The zero-order chi connectivity index (χ0) is 26.7. The Labute approximate surface area is 231 Å². The molecule has 190 valence electrons. The predicted molar refractivity (Wildman–Crippen MR) is 172 cm³/mol. The van der Waals surface area contributed by atoms with Gasteiger partial charge in [-0.3, -0.25) is 0 Å². The molecule has 0 nitrogen and oxygen atoms in total. The summed E-state index contributed by atoms with van der Waals surface area (Å²) < 4.78 is 0. The molecule has 0 saturated heterocycles. The molecule has 0 spiro atoms. The smallest absolute Gasteiger partial charge is 0.00618 e. The molecule has 0 bridgehead atoms. The number of hydrogen-bond acceptors (Lipinski definition) is 0. The first-order valence-electron chi connectivity index (χ1n) is 13.3. The molecule has 0 fully saturated rings. The molecule has 5 rings (SSSR count). The van der Waals surface area contributed by atoms with Crippen molar-refractivity contribution in [1.82, 2.24) is 0 Å². The summed E-state index contributed by atoms with van der Waals surface area (Å²) in [5, 5.41) is 7.24. The standard InChI is InChI=1S/C36H36P2/c1-27-17-15-25-32(37(29-19-9-6-10-20-29)30-21-11-7-12-22-30)34(27)35-28(2)18-16-26-33(35)38(36(3,4)5)31-23-13-8-14-24-31/h6-26H,1-5H3. The van der Waals surface area contributed by atoms with Crippen LogP contribution in [0.25, 0.3) is 11.1 Å². The van der Waals surface area contributed by atoms with E-state index < -0.39 is 15.8 Å². The Bertz CT molecular complexity index is 1460. The molecule has 1 unspecified atom stereocenters. The van der Waals surface area contributed by atoms with Crippen molar-refractivity contribution in [3.63, 3.8) is 0 Å². The van der Waals surface area contributed by atoms with Gasteiger partial charge in [-0.2, -0.15) is 0 Å². The predicted octanol–water partition coefficient (Wildman–Crippen LogP) is 7.96. The second-order valence-electron chi connectivity index (χ2n) is 10.8. The van der Waals surface area contributed by atoms with E-state index in [0.29, 0.717) is 0 Å². The Kier molecular flexibility index (Phi) is 7.95. The lowest BCUT2D eigenvalue weighted by molar-refractivity contribution is 0.793. The summed E-state index contributed by atoms with van der Waals surface area (Å²) in [5.74, 6) is 0. The van der Waals surface area contributed by atoms with Gasteiger partial charge in [-0.1, -0.05) is 148 Å². The lowest BCUT2D eigenvalue weighted by atomic mass is 9.96. The molecule has 0 aliphatic heterocycles. The molecule has 0 aromatic heterocycles. The van der Waals surface area contributed by atoms with Gasteiger partial charge in [-0.15, -0.1) is 0 Å².